The number of hydrogen-bond donors (Lipinski definition) is 0. The van der Waals surface area contributed by atoms with Gasteiger partial charge in [0.25, 0.3) is 0 Å². The van der Waals surface area contributed by atoms with Crippen LogP contribution in [0.4, 0.5) is 0 Å². The number of aromatic nitrogens is 3. The molecule has 4 heteroatoms. The zero-order valence-corrected chi connectivity index (χ0v) is 27.5. The Balaban J connectivity index is 1.03. The van der Waals surface area contributed by atoms with Gasteiger partial charge in [-0.05, 0) is 56.6 Å². The Morgan fingerprint density at radius 3 is 1.43 bits per heavy atom. The van der Waals surface area contributed by atoms with Gasteiger partial charge in [0, 0.05) is 32.8 Å². The SMILES string of the molecule is c1ccc(-c2ccc(-c3nc(-c4ccccc4)nc(-c4ccc(-c5ccc6c(ccc7ccc8oc9ccccc9c8c76)c5)cc4)n3)cc2)cc1. The molecule has 4 nitrogen and oxygen atoms in total. The van der Waals surface area contributed by atoms with E-state index < -0.39 is 0 Å². The second-order valence-corrected chi connectivity index (χ2v) is 12.8. The highest BCUT2D eigenvalue weighted by atomic mass is 16.3. The Bertz CT molecular complexity index is 2880. The van der Waals surface area contributed by atoms with Gasteiger partial charge in [0.1, 0.15) is 11.2 Å². The highest BCUT2D eigenvalue weighted by Crippen LogP contribution is 2.39. The Morgan fingerprint density at radius 2 is 0.765 bits per heavy atom. The smallest absolute Gasteiger partial charge is 0.164 e. The second kappa shape index (κ2) is 11.9. The molecule has 238 valence electrons. The van der Waals surface area contributed by atoms with Gasteiger partial charge < -0.3 is 4.42 Å². The third-order valence-electron chi connectivity index (χ3n) is 9.73. The standard InChI is InChI=1S/C47H29N3O/c1-3-9-30(10-4-1)31-15-20-35(21-16-31)46-48-45(34-11-5-2-6-12-34)49-47(50-46)36-22-17-32(18-23-36)37-25-27-39-38(29-37)24-19-33-26-28-42-44(43(33)39)40-13-7-8-14-41(40)51-42/h1-29H. The maximum absolute atomic E-state index is 6.22. The minimum absolute atomic E-state index is 0.638. The van der Waals surface area contributed by atoms with Crippen LogP contribution in [-0.4, -0.2) is 15.0 Å². The van der Waals surface area contributed by atoms with Gasteiger partial charge >= 0.3 is 0 Å². The van der Waals surface area contributed by atoms with Crippen LogP contribution in [0.25, 0.3) is 99.9 Å². The largest absolute Gasteiger partial charge is 0.456 e. The third kappa shape index (κ3) is 5.13. The summed E-state index contributed by atoms with van der Waals surface area (Å²) in [6.07, 6.45) is 0. The number of para-hydroxylation sites is 1. The summed E-state index contributed by atoms with van der Waals surface area (Å²) < 4.78 is 6.22. The van der Waals surface area contributed by atoms with Crippen molar-refractivity contribution in [3.63, 3.8) is 0 Å². The molecule has 0 radical (unpaired) electrons. The van der Waals surface area contributed by atoms with Crippen LogP contribution in [-0.2, 0) is 0 Å². The maximum Gasteiger partial charge on any atom is 0.164 e. The molecular weight excluding hydrogens is 623 g/mol. The van der Waals surface area contributed by atoms with E-state index in [0.29, 0.717) is 17.5 Å². The first-order chi connectivity index (χ1) is 25.2. The van der Waals surface area contributed by atoms with Gasteiger partial charge in [-0.2, -0.15) is 0 Å². The molecule has 2 heterocycles. The average Bonchev–Trinajstić information content (AvgIpc) is 3.60. The molecule has 0 amide bonds. The molecular formula is C47H29N3O. The van der Waals surface area contributed by atoms with Crippen LogP contribution >= 0.6 is 0 Å². The molecule has 0 bridgehead atoms. The first kappa shape index (κ1) is 29.0. The Labute approximate surface area is 294 Å². The summed E-state index contributed by atoms with van der Waals surface area (Å²) >= 11 is 0. The maximum atomic E-state index is 6.22. The summed E-state index contributed by atoms with van der Waals surface area (Å²) in [5.74, 6) is 1.93. The van der Waals surface area contributed by atoms with Crippen molar-refractivity contribution < 1.29 is 4.42 Å². The van der Waals surface area contributed by atoms with Crippen molar-refractivity contribution in [2.75, 3.05) is 0 Å². The van der Waals surface area contributed by atoms with Crippen molar-refractivity contribution in [3.8, 4) is 56.4 Å². The molecule has 0 saturated heterocycles. The summed E-state index contributed by atoms with van der Waals surface area (Å²) in [5, 5.41) is 7.16. The average molecular weight is 652 g/mol. The van der Waals surface area contributed by atoms with Gasteiger partial charge in [-0.15, -0.1) is 0 Å². The van der Waals surface area contributed by atoms with Crippen molar-refractivity contribution in [2.24, 2.45) is 0 Å². The molecule has 2 aromatic heterocycles. The lowest BCUT2D eigenvalue weighted by atomic mass is 9.94. The summed E-state index contributed by atoms with van der Waals surface area (Å²) in [6.45, 7) is 0. The lowest BCUT2D eigenvalue weighted by Gasteiger charge is -2.10. The molecule has 0 fully saturated rings. The van der Waals surface area contributed by atoms with E-state index in [0.717, 1.165) is 49.9 Å². The Morgan fingerprint density at radius 1 is 0.294 bits per heavy atom. The van der Waals surface area contributed by atoms with Crippen molar-refractivity contribution >= 4 is 43.5 Å². The minimum atomic E-state index is 0.638. The number of rotatable bonds is 5. The van der Waals surface area contributed by atoms with Crippen LogP contribution < -0.4 is 0 Å². The van der Waals surface area contributed by atoms with E-state index in [-0.39, 0.29) is 0 Å². The van der Waals surface area contributed by atoms with Crippen molar-refractivity contribution in [1.82, 2.24) is 15.0 Å². The Hall–Kier alpha value is -6.91. The quantitative estimate of drug-likeness (QED) is 0.174. The zero-order chi connectivity index (χ0) is 33.7. The number of benzene rings is 8. The van der Waals surface area contributed by atoms with E-state index in [1.165, 1.54) is 32.5 Å². The molecule has 0 unspecified atom stereocenters. The fourth-order valence-corrected chi connectivity index (χ4v) is 7.15. The number of furan rings is 1. The van der Waals surface area contributed by atoms with Crippen LogP contribution in [0.15, 0.2) is 180 Å². The van der Waals surface area contributed by atoms with Gasteiger partial charge in [0.05, 0.1) is 0 Å². The van der Waals surface area contributed by atoms with Crippen molar-refractivity contribution in [1.29, 1.82) is 0 Å². The van der Waals surface area contributed by atoms with E-state index in [1.54, 1.807) is 0 Å². The van der Waals surface area contributed by atoms with Gasteiger partial charge in [-0.1, -0.05) is 158 Å². The highest BCUT2D eigenvalue weighted by Gasteiger charge is 2.15. The summed E-state index contributed by atoms with van der Waals surface area (Å²) in [6, 6.07) is 61.1. The van der Waals surface area contributed by atoms with Gasteiger partial charge in [0.15, 0.2) is 17.5 Å². The summed E-state index contributed by atoms with van der Waals surface area (Å²) in [4.78, 5) is 14.9. The van der Waals surface area contributed by atoms with Crippen LogP contribution in [0.5, 0.6) is 0 Å². The predicted octanol–water partition coefficient (Wildman–Crippen LogP) is 12.4. The molecule has 0 N–H and O–H groups in total. The third-order valence-corrected chi connectivity index (χ3v) is 9.73. The molecule has 8 aromatic carbocycles. The van der Waals surface area contributed by atoms with E-state index in [1.807, 2.05) is 48.5 Å². The fraction of sp³-hybridized carbons (Fsp3) is 0. The lowest BCUT2D eigenvalue weighted by Crippen LogP contribution is -2.00. The van der Waals surface area contributed by atoms with Crippen LogP contribution in [0.3, 0.4) is 0 Å². The number of hydrogen-bond acceptors (Lipinski definition) is 4. The van der Waals surface area contributed by atoms with Crippen molar-refractivity contribution in [2.45, 2.75) is 0 Å². The zero-order valence-electron chi connectivity index (χ0n) is 27.5. The van der Waals surface area contributed by atoms with Gasteiger partial charge in [-0.25, -0.2) is 15.0 Å². The summed E-state index contributed by atoms with van der Waals surface area (Å²) in [7, 11) is 0. The van der Waals surface area contributed by atoms with Crippen LogP contribution in [0, 0.1) is 0 Å². The lowest BCUT2D eigenvalue weighted by molar-refractivity contribution is 0.669. The Kier molecular flexibility index (Phi) is 6.78. The van der Waals surface area contributed by atoms with E-state index in [9.17, 15) is 0 Å². The molecule has 0 aliphatic heterocycles. The predicted molar refractivity (Wildman–Crippen MR) is 209 cm³/mol. The van der Waals surface area contributed by atoms with E-state index >= 15 is 0 Å². The first-order valence-electron chi connectivity index (χ1n) is 17.1. The van der Waals surface area contributed by atoms with E-state index in [2.05, 4.69) is 127 Å². The topological polar surface area (TPSA) is 51.8 Å². The van der Waals surface area contributed by atoms with Gasteiger partial charge in [0.2, 0.25) is 0 Å². The highest BCUT2D eigenvalue weighted by molar-refractivity contribution is 6.26. The normalized spacial score (nSPS) is 11.5. The molecule has 0 atom stereocenters. The molecule has 0 aliphatic carbocycles. The molecule has 0 spiro atoms. The molecule has 10 rings (SSSR count). The summed E-state index contributed by atoms with van der Waals surface area (Å²) in [5.41, 5.74) is 9.25. The molecule has 10 aromatic rings. The second-order valence-electron chi connectivity index (χ2n) is 12.8. The molecule has 51 heavy (non-hydrogen) atoms. The monoisotopic (exact) mass is 651 g/mol. The van der Waals surface area contributed by atoms with E-state index in [4.69, 9.17) is 19.4 Å². The van der Waals surface area contributed by atoms with Gasteiger partial charge in [-0.3, -0.25) is 0 Å². The van der Waals surface area contributed by atoms with Crippen LogP contribution in [0.1, 0.15) is 0 Å². The van der Waals surface area contributed by atoms with Crippen LogP contribution in [0.2, 0.25) is 0 Å². The van der Waals surface area contributed by atoms with Crippen molar-refractivity contribution in [3.05, 3.63) is 176 Å². The number of fused-ring (bicyclic) bond motifs is 7. The first-order valence-corrected chi connectivity index (χ1v) is 17.1. The number of nitrogens with zero attached hydrogens (tertiary/aromatic N) is 3. The molecule has 0 saturated carbocycles. The fourth-order valence-electron chi connectivity index (χ4n) is 7.15. The minimum Gasteiger partial charge on any atom is -0.456 e. The molecule has 0 aliphatic rings.